The molecule has 0 aliphatic heterocycles. The molecule has 0 amide bonds. The third-order valence-corrected chi connectivity index (χ3v) is 3.01. The molecule has 0 saturated heterocycles. The van der Waals surface area contributed by atoms with Gasteiger partial charge in [0, 0.05) is 10.6 Å². The first-order chi connectivity index (χ1) is 7.48. The minimum Gasteiger partial charge on any atom is -0.496 e. The van der Waals surface area contributed by atoms with Gasteiger partial charge in [-0.3, -0.25) is 4.18 Å². The van der Waals surface area contributed by atoms with Crippen LogP contribution in [0.5, 0.6) is 5.75 Å². The van der Waals surface area contributed by atoms with Crippen molar-refractivity contribution in [1.82, 2.24) is 0 Å². The predicted octanol–water partition coefficient (Wildman–Crippen LogP) is 2.30. The van der Waals surface area contributed by atoms with Crippen LogP contribution in [0.4, 0.5) is 0 Å². The molecule has 1 aromatic rings. The van der Waals surface area contributed by atoms with E-state index in [1.165, 1.54) is 13.2 Å². The minimum atomic E-state index is -3.62. The van der Waals surface area contributed by atoms with Gasteiger partial charge in [-0.25, -0.2) is 0 Å². The number of halogens is 1. The van der Waals surface area contributed by atoms with Gasteiger partial charge >= 0.3 is 0 Å². The molecule has 6 heteroatoms. The largest absolute Gasteiger partial charge is 0.496 e. The summed E-state index contributed by atoms with van der Waals surface area (Å²) in [6, 6.07) is 4.90. The molecule has 4 nitrogen and oxygen atoms in total. The van der Waals surface area contributed by atoms with Crippen molar-refractivity contribution >= 4 is 27.8 Å². The fourth-order valence-corrected chi connectivity index (χ4v) is 1.62. The summed E-state index contributed by atoms with van der Waals surface area (Å²) >= 11 is 5.77. The van der Waals surface area contributed by atoms with Gasteiger partial charge in [0.25, 0.3) is 10.1 Å². The Bertz CT molecular complexity index is 494. The molecule has 0 atom stereocenters. The number of hydrogen-bond donors (Lipinski definition) is 0. The second-order valence-electron chi connectivity index (χ2n) is 2.85. The summed E-state index contributed by atoms with van der Waals surface area (Å²) in [7, 11) is -1.05. The summed E-state index contributed by atoms with van der Waals surface area (Å²) in [6.45, 7) is 0. The van der Waals surface area contributed by atoms with Gasteiger partial charge < -0.3 is 4.74 Å². The van der Waals surface area contributed by atoms with Gasteiger partial charge in [0.1, 0.15) is 5.75 Å². The molecule has 0 unspecified atom stereocenters. The molecular weight excluding hydrogens is 252 g/mol. The predicted molar refractivity (Wildman–Crippen MR) is 63.0 cm³/mol. The normalized spacial score (nSPS) is 11.9. The Kier molecular flexibility index (Phi) is 4.35. The summed E-state index contributed by atoms with van der Waals surface area (Å²) in [5.41, 5.74) is 0.604. The number of methoxy groups -OCH3 is 1. The fraction of sp³-hybridized carbons (Fsp3) is 0.200. The monoisotopic (exact) mass is 262 g/mol. The summed E-state index contributed by atoms with van der Waals surface area (Å²) < 4.78 is 31.5. The lowest BCUT2D eigenvalue weighted by molar-refractivity contribution is 0.406. The Morgan fingerprint density at radius 1 is 1.31 bits per heavy atom. The van der Waals surface area contributed by atoms with Crippen molar-refractivity contribution in [3.05, 3.63) is 34.2 Å². The van der Waals surface area contributed by atoms with Gasteiger partial charge in [0.05, 0.1) is 19.6 Å². The first-order valence-corrected chi connectivity index (χ1v) is 6.15. The molecule has 0 N–H and O–H groups in total. The maximum atomic E-state index is 11.1. The second-order valence-corrected chi connectivity index (χ2v) is 4.88. The van der Waals surface area contributed by atoms with Crippen LogP contribution in [0.15, 0.2) is 23.6 Å². The van der Waals surface area contributed by atoms with E-state index in [2.05, 4.69) is 4.18 Å². The van der Waals surface area contributed by atoms with Crippen molar-refractivity contribution in [2.45, 2.75) is 0 Å². The lowest BCUT2D eigenvalue weighted by Crippen LogP contribution is -1.96. The molecular formula is C10H11ClO4S. The standard InChI is InChI=1S/C10H11ClO4S/c1-14-10-7-9(11)4-3-8(10)5-6-16(12,13)15-2/h3-7H,1-2H3/b6-5+. The van der Waals surface area contributed by atoms with Crippen molar-refractivity contribution in [3.8, 4) is 5.75 Å². The molecule has 0 aliphatic carbocycles. The fourth-order valence-electron chi connectivity index (χ4n) is 1.03. The van der Waals surface area contributed by atoms with Crippen LogP contribution in [0.1, 0.15) is 5.56 Å². The molecule has 0 heterocycles. The topological polar surface area (TPSA) is 52.6 Å². The van der Waals surface area contributed by atoms with Crippen molar-refractivity contribution in [2.24, 2.45) is 0 Å². The molecule has 0 aromatic heterocycles. The average Bonchev–Trinajstić information content (AvgIpc) is 2.27. The van der Waals surface area contributed by atoms with E-state index in [-0.39, 0.29) is 0 Å². The molecule has 0 bridgehead atoms. The highest BCUT2D eigenvalue weighted by atomic mass is 35.5. The van der Waals surface area contributed by atoms with Crippen molar-refractivity contribution in [2.75, 3.05) is 14.2 Å². The molecule has 88 valence electrons. The van der Waals surface area contributed by atoms with E-state index in [1.807, 2.05) is 0 Å². The van der Waals surface area contributed by atoms with E-state index in [0.29, 0.717) is 16.3 Å². The molecule has 0 spiro atoms. The smallest absolute Gasteiger partial charge is 0.289 e. The second kappa shape index (κ2) is 5.34. The lowest BCUT2D eigenvalue weighted by Gasteiger charge is -2.04. The SMILES string of the molecule is COc1cc(Cl)ccc1/C=C/S(=O)(=O)OC. The van der Waals surface area contributed by atoms with Crippen molar-refractivity contribution in [3.63, 3.8) is 0 Å². The van der Waals surface area contributed by atoms with E-state index in [0.717, 1.165) is 12.5 Å². The molecule has 0 aliphatic rings. The van der Waals surface area contributed by atoms with Gasteiger partial charge in [-0.2, -0.15) is 8.42 Å². The third kappa shape index (κ3) is 3.52. The number of rotatable bonds is 4. The highest BCUT2D eigenvalue weighted by Crippen LogP contribution is 2.24. The van der Waals surface area contributed by atoms with Crippen LogP contribution >= 0.6 is 11.6 Å². The van der Waals surface area contributed by atoms with Crippen LogP contribution in [0.25, 0.3) is 6.08 Å². The maximum Gasteiger partial charge on any atom is 0.289 e. The van der Waals surface area contributed by atoms with E-state index in [1.54, 1.807) is 18.2 Å². The van der Waals surface area contributed by atoms with Crippen LogP contribution in [-0.4, -0.2) is 22.6 Å². The van der Waals surface area contributed by atoms with Gasteiger partial charge in [-0.1, -0.05) is 11.6 Å². The van der Waals surface area contributed by atoms with E-state index < -0.39 is 10.1 Å². The molecule has 0 saturated carbocycles. The molecule has 1 aromatic carbocycles. The van der Waals surface area contributed by atoms with Gasteiger partial charge in [-0.05, 0) is 24.3 Å². The van der Waals surface area contributed by atoms with Crippen LogP contribution in [0, 0.1) is 0 Å². The lowest BCUT2D eigenvalue weighted by atomic mass is 10.2. The highest BCUT2D eigenvalue weighted by molar-refractivity contribution is 7.89. The summed E-state index contributed by atoms with van der Waals surface area (Å²) in [4.78, 5) is 0. The van der Waals surface area contributed by atoms with E-state index >= 15 is 0 Å². The summed E-state index contributed by atoms with van der Waals surface area (Å²) in [5, 5.41) is 1.47. The summed E-state index contributed by atoms with van der Waals surface area (Å²) in [6.07, 6.45) is 1.38. The zero-order valence-electron chi connectivity index (χ0n) is 8.81. The Balaban J connectivity index is 3.06. The Morgan fingerprint density at radius 2 is 2.00 bits per heavy atom. The maximum absolute atomic E-state index is 11.1. The van der Waals surface area contributed by atoms with E-state index in [4.69, 9.17) is 16.3 Å². The number of hydrogen-bond acceptors (Lipinski definition) is 4. The summed E-state index contributed by atoms with van der Waals surface area (Å²) in [5.74, 6) is 0.495. The van der Waals surface area contributed by atoms with Gasteiger partial charge in [0.2, 0.25) is 0 Å². The van der Waals surface area contributed by atoms with E-state index in [9.17, 15) is 8.42 Å². The molecule has 0 fully saturated rings. The third-order valence-electron chi connectivity index (χ3n) is 1.84. The quantitative estimate of drug-likeness (QED) is 0.782. The Morgan fingerprint density at radius 3 is 2.56 bits per heavy atom. The Hall–Kier alpha value is -1.04. The van der Waals surface area contributed by atoms with Crippen LogP contribution < -0.4 is 4.74 Å². The molecule has 16 heavy (non-hydrogen) atoms. The average molecular weight is 263 g/mol. The van der Waals surface area contributed by atoms with Crippen LogP contribution in [-0.2, 0) is 14.3 Å². The zero-order valence-corrected chi connectivity index (χ0v) is 10.4. The van der Waals surface area contributed by atoms with Crippen LogP contribution in [0.2, 0.25) is 5.02 Å². The minimum absolute atomic E-state index is 0.495. The van der Waals surface area contributed by atoms with Gasteiger partial charge in [-0.15, -0.1) is 0 Å². The first kappa shape index (κ1) is 13.0. The van der Waals surface area contributed by atoms with Crippen molar-refractivity contribution < 1.29 is 17.3 Å². The highest BCUT2D eigenvalue weighted by Gasteiger charge is 2.04. The first-order valence-electron chi connectivity index (χ1n) is 4.31. The molecule has 0 radical (unpaired) electrons. The number of ether oxygens (including phenoxy) is 1. The Labute approximate surface area is 99.6 Å². The van der Waals surface area contributed by atoms with Crippen molar-refractivity contribution in [1.29, 1.82) is 0 Å². The van der Waals surface area contributed by atoms with Gasteiger partial charge in [0.15, 0.2) is 0 Å². The zero-order chi connectivity index (χ0) is 12.2. The number of benzene rings is 1. The molecule has 1 rings (SSSR count). The van der Waals surface area contributed by atoms with Crippen LogP contribution in [0.3, 0.4) is 0 Å².